The van der Waals surface area contributed by atoms with Crippen LogP contribution in [-0.4, -0.2) is 33.7 Å². The first-order valence-electron chi connectivity index (χ1n) is 10.2. The minimum Gasteiger partial charge on any atom is -0.507 e. The number of ether oxygens (including phenoxy) is 2. The van der Waals surface area contributed by atoms with Crippen LogP contribution in [0.4, 0.5) is 0 Å². The summed E-state index contributed by atoms with van der Waals surface area (Å²) in [6.07, 6.45) is 2.27. The van der Waals surface area contributed by atoms with Crippen molar-refractivity contribution in [2.45, 2.75) is 52.2 Å². The number of phenols is 1. The summed E-state index contributed by atoms with van der Waals surface area (Å²) in [7, 11) is 0. The van der Waals surface area contributed by atoms with Crippen LogP contribution in [0.1, 0.15) is 56.1 Å². The third kappa shape index (κ3) is 4.92. The lowest BCUT2D eigenvalue weighted by atomic mass is 9.94. The van der Waals surface area contributed by atoms with E-state index in [1.807, 2.05) is 20.0 Å². The molecule has 0 fully saturated rings. The van der Waals surface area contributed by atoms with Gasteiger partial charge in [-0.1, -0.05) is 6.07 Å². The lowest BCUT2D eigenvalue weighted by Crippen LogP contribution is -2.26. The molecule has 1 heterocycles. The van der Waals surface area contributed by atoms with E-state index in [0.29, 0.717) is 29.6 Å². The van der Waals surface area contributed by atoms with E-state index in [1.165, 1.54) is 12.1 Å². The predicted molar refractivity (Wildman–Crippen MR) is 120 cm³/mol. The topological polar surface area (TPSA) is 112 Å². The molecule has 7 nitrogen and oxygen atoms in total. The average Bonchev–Trinajstić information content (AvgIpc) is 3.07. The zero-order valence-corrected chi connectivity index (χ0v) is 18.8. The first kappa shape index (κ1) is 22.9. The number of nitriles is 1. The highest BCUT2D eigenvalue weighted by atomic mass is 16.6. The van der Waals surface area contributed by atoms with Crippen LogP contribution < -0.4 is 0 Å². The fourth-order valence-electron chi connectivity index (χ4n) is 3.56. The number of aromatic amines is 1. The van der Waals surface area contributed by atoms with Gasteiger partial charge in [-0.05, 0) is 70.0 Å². The summed E-state index contributed by atoms with van der Waals surface area (Å²) in [5.74, 6) is -0.823. The summed E-state index contributed by atoms with van der Waals surface area (Å²) < 4.78 is 10.5. The molecular formula is C25H26N2O5. The van der Waals surface area contributed by atoms with Crippen molar-refractivity contribution in [1.82, 2.24) is 4.98 Å². The van der Waals surface area contributed by atoms with Gasteiger partial charge in [0.1, 0.15) is 22.5 Å². The lowest BCUT2D eigenvalue weighted by molar-refractivity contribution is -0.140. The summed E-state index contributed by atoms with van der Waals surface area (Å²) in [6.45, 7) is 9.31. The third-order valence-electron chi connectivity index (χ3n) is 4.91. The van der Waals surface area contributed by atoms with Gasteiger partial charge in [-0.2, -0.15) is 5.26 Å². The van der Waals surface area contributed by atoms with E-state index in [0.717, 1.165) is 16.5 Å². The highest BCUT2D eigenvalue weighted by Crippen LogP contribution is 2.35. The second kappa shape index (κ2) is 8.39. The standard InChI is InChI=1S/C25H26N2O5/c1-24(2,3)32-23(30)18-7-6-16(10-21(18)29)19-8-15(12-26)9-20-17(13-27-22(19)20)11-25(4,5)31-14-28/h6-10,13-14,27,29H,11H2,1-5H3. The van der Waals surface area contributed by atoms with E-state index in [9.17, 15) is 20.0 Å². The molecule has 3 rings (SSSR count). The maximum Gasteiger partial charge on any atom is 0.342 e. The Kier molecular flexibility index (Phi) is 6.00. The van der Waals surface area contributed by atoms with Crippen molar-refractivity contribution in [2.24, 2.45) is 0 Å². The van der Waals surface area contributed by atoms with Crippen LogP contribution >= 0.6 is 0 Å². The minimum absolute atomic E-state index is 0.0660. The van der Waals surface area contributed by atoms with Gasteiger partial charge in [0.25, 0.3) is 6.47 Å². The van der Waals surface area contributed by atoms with Crippen LogP contribution in [0, 0.1) is 11.3 Å². The molecule has 0 aliphatic heterocycles. The zero-order chi connectivity index (χ0) is 23.7. The normalized spacial score (nSPS) is 11.8. The predicted octanol–water partition coefficient (Wildman–Crippen LogP) is 4.86. The summed E-state index contributed by atoms with van der Waals surface area (Å²) >= 11 is 0. The molecule has 0 aliphatic rings. The quantitative estimate of drug-likeness (QED) is 0.423. The summed E-state index contributed by atoms with van der Waals surface area (Å²) in [4.78, 5) is 26.4. The first-order chi connectivity index (χ1) is 14.9. The fourth-order valence-corrected chi connectivity index (χ4v) is 3.56. The molecule has 0 atom stereocenters. The largest absolute Gasteiger partial charge is 0.507 e. The number of aromatic hydroxyl groups is 1. The van der Waals surface area contributed by atoms with E-state index in [-0.39, 0.29) is 11.3 Å². The number of aromatic nitrogens is 1. The molecule has 0 spiro atoms. The van der Waals surface area contributed by atoms with Gasteiger partial charge in [-0.25, -0.2) is 4.79 Å². The molecule has 2 N–H and O–H groups in total. The van der Waals surface area contributed by atoms with Crippen LogP contribution in [-0.2, 0) is 20.7 Å². The van der Waals surface area contributed by atoms with Crippen molar-refractivity contribution in [3.8, 4) is 22.9 Å². The molecule has 0 saturated carbocycles. The Bertz CT molecular complexity index is 1230. The minimum atomic E-state index is -0.715. The molecule has 3 aromatic rings. The number of carbonyl (C=O) groups is 2. The van der Waals surface area contributed by atoms with Gasteiger partial charge in [0.15, 0.2) is 0 Å². The highest BCUT2D eigenvalue weighted by molar-refractivity contribution is 5.99. The first-order valence-corrected chi connectivity index (χ1v) is 10.2. The van der Waals surface area contributed by atoms with E-state index < -0.39 is 17.2 Å². The van der Waals surface area contributed by atoms with E-state index >= 15 is 0 Å². The van der Waals surface area contributed by atoms with Gasteiger partial charge < -0.3 is 19.6 Å². The number of hydrogen-bond acceptors (Lipinski definition) is 6. The monoisotopic (exact) mass is 434 g/mol. The Morgan fingerprint density at radius 3 is 2.50 bits per heavy atom. The zero-order valence-electron chi connectivity index (χ0n) is 18.8. The Balaban J connectivity index is 2.07. The van der Waals surface area contributed by atoms with Gasteiger partial charge in [0, 0.05) is 23.6 Å². The van der Waals surface area contributed by atoms with E-state index in [4.69, 9.17) is 9.47 Å². The van der Waals surface area contributed by atoms with Crippen molar-refractivity contribution in [1.29, 1.82) is 5.26 Å². The Morgan fingerprint density at radius 2 is 1.91 bits per heavy atom. The Morgan fingerprint density at radius 1 is 1.19 bits per heavy atom. The van der Waals surface area contributed by atoms with Crippen LogP contribution in [0.3, 0.4) is 0 Å². The molecular weight excluding hydrogens is 408 g/mol. The van der Waals surface area contributed by atoms with Crippen LogP contribution in [0.5, 0.6) is 5.75 Å². The molecule has 0 bridgehead atoms. The van der Waals surface area contributed by atoms with Crippen molar-refractivity contribution in [3.63, 3.8) is 0 Å². The Labute approximate surface area is 186 Å². The second-order valence-corrected chi connectivity index (χ2v) is 9.26. The van der Waals surface area contributed by atoms with Gasteiger partial charge in [-0.3, -0.25) is 4.79 Å². The summed E-state index contributed by atoms with van der Waals surface area (Å²) in [6, 6.07) is 10.4. The number of carbonyl (C=O) groups excluding carboxylic acids is 2. The number of nitrogens with zero attached hydrogens (tertiary/aromatic N) is 1. The van der Waals surface area contributed by atoms with Crippen LogP contribution in [0.15, 0.2) is 36.5 Å². The maximum absolute atomic E-state index is 12.4. The van der Waals surface area contributed by atoms with Crippen molar-refractivity contribution >= 4 is 23.3 Å². The maximum atomic E-state index is 12.4. The molecule has 0 amide bonds. The van der Waals surface area contributed by atoms with Gasteiger partial charge >= 0.3 is 5.97 Å². The third-order valence-corrected chi connectivity index (χ3v) is 4.91. The van der Waals surface area contributed by atoms with Crippen molar-refractivity contribution in [3.05, 3.63) is 53.2 Å². The Hall–Kier alpha value is -3.79. The average molecular weight is 434 g/mol. The van der Waals surface area contributed by atoms with Gasteiger partial charge in [0.05, 0.1) is 17.1 Å². The lowest BCUT2D eigenvalue weighted by Gasteiger charge is -2.22. The second-order valence-electron chi connectivity index (χ2n) is 9.26. The summed E-state index contributed by atoms with van der Waals surface area (Å²) in [5.41, 5.74) is 2.10. The van der Waals surface area contributed by atoms with Crippen LogP contribution in [0.2, 0.25) is 0 Å². The highest BCUT2D eigenvalue weighted by Gasteiger charge is 2.24. The number of benzene rings is 2. The van der Waals surface area contributed by atoms with Crippen LogP contribution in [0.25, 0.3) is 22.0 Å². The van der Waals surface area contributed by atoms with Crippen molar-refractivity contribution < 1.29 is 24.2 Å². The van der Waals surface area contributed by atoms with Crippen molar-refractivity contribution in [2.75, 3.05) is 0 Å². The molecule has 0 unspecified atom stereocenters. The van der Waals surface area contributed by atoms with E-state index in [1.54, 1.807) is 39.0 Å². The van der Waals surface area contributed by atoms with Gasteiger partial charge in [0.2, 0.25) is 0 Å². The number of rotatable bonds is 6. The number of H-pyrrole nitrogens is 1. The molecule has 0 radical (unpaired) electrons. The van der Waals surface area contributed by atoms with Gasteiger partial charge in [-0.15, -0.1) is 0 Å². The molecule has 0 saturated heterocycles. The fraction of sp³-hybridized carbons (Fsp3) is 0.320. The number of nitrogens with one attached hydrogen (secondary N) is 1. The molecule has 166 valence electrons. The number of hydrogen-bond donors (Lipinski definition) is 2. The smallest absolute Gasteiger partial charge is 0.342 e. The summed E-state index contributed by atoms with van der Waals surface area (Å²) in [5, 5.41) is 20.9. The number of esters is 1. The molecule has 1 aromatic heterocycles. The molecule has 2 aromatic carbocycles. The molecule has 0 aliphatic carbocycles. The molecule has 7 heteroatoms. The molecule has 32 heavy (non-hydrogen) atoms. The number of phenolic OH excluding ortho intramolecular Hbond substituents is 1. The van der Waals surface area contributed by atoms with E-state index in [2.05, 4.69) is 11.1 Å². The SMILES string of the molecule is CC(C)(C)OC(=O)c1ccc(-c2cc(C#N)cc3c(CC(C)(C)OC=O)c[nH]c23)cc1O. The number of fused-ring (bicyclic) bond motifs is 1.